The van der Waals surface area contributed by atoms with Crippen molar-refractivity contribution < 1.29 is 4.39 Å². The zero-order chi connectivity index (χ0) is 12.3. The lowest BCUT2D eigenvalue weighted by Crippen LogP contribution is -1.97. The maximum absolute atomic E-state index is 13.5. The average molecular weight is 292 g/mol. The Morgan fingerprint density at radius 2 is 2.12 bits per heavy atom. The fourth-order valence-electron chi connectivity index (χ4n) is 1.30. The second kappa shape index (κ2) is 4.93. The third-order valence-corrected chi connectivity index (χ3v) is 2.55. The summed E-state index contributed by atoms with van der Waals surface area (Å²) in [5.41, 5.74) is 0.590. The Hall–Kier alpha value is -1.93. The average Bonchev–Trinajstić information content (AvgIpc) is 2.34. The summed E-state index contributed by atoms with van der Waals surface area (Å²) >= 11 is 3.26. The van der Waals surface area contributed by atoms with Crippen LogP contribution in [0.4, 0.5) is 15.9 Å². The molecule has 1 N–H and O–H groups in total. The Bertz CT molecular complexity index is 593. The van der Waals surface area contributed by atoms with Crippen LogP contribution in [0.3, 0.4) is 0 Å². The molecule has 0 unspecified atom stereocenters. The van der Waals surface area contributed by atoms with Crippen LogP contribution in [0.25, 0.3) is 0 Å². The predicted molar refractivity (Wildman–Crippen MR) is 66.3 cm³/mol. The summed E-state index contributed by atoms with van der Waals surface area (Å²) in [6.07, 6.45) is 0. The molecule has 1 aromatic carbocycles. The molecule has 1 heterocycles. The number of nitriles is 1. The number of benzene rings is 1. The van der Waals surface area contributed by atoms with E-state index in [0.717, 1.165) is 4.47 Å². The Kier molecular flexibility index (Phi) is 3.35. The van der Waals surface area contributed by atoms with Crippen LogP contribution in [0, 0.1) is 17.1 Å². The first-order valence-electron chi connectivity index (χ1n) is 4.78. The van der Waals surface area contributed by atoms with E-state index in [0.29, 0.717) is 11.5 Å². The minimum Gasteiger partial charge on any atom is -0.338 e. The van der Waals surface area contributed by atoms with Gasteiger partial charge in [-0.2, -0.15) is 5.26 Å². The van der Waals surface area contributed by atoms with Crippen molar-refractivity contribution in [2.24, 2.45) is 0 Å². The minimum absolute atomic E-state index is 0.283. The van der Waals surface area contributed by atoms with Gasteiger partial charge in [0.15, 0.2) is 0 Å². The van der Waals surface area contributed by atoms with Gasteiger partial charge in [0, 0.05) is 4.47 Å². The molecule has 0 amide bonds. The molecule has 0 spiro atoms. The van der Waals surface area contributed by atoms with Gasteiger partial charge in [-0.3, -0.25) is 0 Å². The van der Waals surface area contributed by atoms with E-state index in [1.807, 2.05) is 6.07 Å². The zero-order valence-electron chi connectivity index (χ0n) is 8.61. The van der Waals surface area contributed by atoms with Gasteiger partial charge >= 0.3 is 0 Å². The molecule has 2 rings (SSSR count). The van der Waals surface area contributed by atoms with E-state index in [9.17, 15) is 4.39 Å². The lowest BCUT2D eigenvalue weighted by Gasteiger charge is -2.07. The molecule has 0 aliphatic carbocycles. The van der Waals surface area contributed by atoms with Gasteiger partial charge in [-0.15, -0.1) is 0 Å². The highest BCUT2D eigenvalue weighted by molar-refractivity contribution is 9.10. The molecule has 0 saturated carbocycles. The molecule has 5 heteroatoms. The third-order valence-electron chi connectivity index (χ3n) is 2.05. The van der Waals surface area contributed by atoms with Crippen molar-refractivity contribution >= 4 is 27.4 Å². The fourth-order valence-corrected chi connectivity index (χ4v) is 1.66. The number of hydrogen-bond acceptors (Lipinski definition) is 3. The third kappa shape index (κ3) is 2.80. The molecule has 0 bridgehead atoms. The summed E-state index contributed by atoms with van der Waals surface area (Å²) in [5, 5.41) is 11.5. The van der Waals surface area contributed by atoms with Gasteiger partial charge in [-0.05, 0) is 30.3 Å². The highest BCUT2D eigenvalue weighted by Gasteiger charge is 2.04. The van der Waals surface area contributed by atoms with E-state index < -0.39 is 0 Å². The molecule has 1 aromatic heterocycles. The van der Waals surface area contributed by atoms with Crippen molar-refractivity contribution in [3.8, 4) is 6.07 Å². The van der Waals surface area contributed by atoms with Crippen molar-refractivity contribution in [1.82, 2.24) is 4.98 Å². The van der Waals surface area contributed by atoms with E-state index >= 15 is 0 Å². The van der Waals surface area contributed by atoms with Crippen LogP contribution in [0.1, 0.15) is 5.69 Å². The highest BCUT2D eigenvalue weighted by atomic mass is 79.9. The summed E-state index contributed by atoms with van der Waals surface area (Å²) in [6.45, 7) is 0. The van der Waals surface area contributed by atoms with Crippen molar-refractivity contribution in [3.05, 3.63) is 52.4 Å². The van der Waals surface area contributed by atoms with Crippen LogP contribution in [0.5, 0.6) is 0 Å². The number of hydrogen-bond donors (Lipinski definition) is 1. The number of rotatable bonds is 2. The largest absolute Gasteiger partial charge is 0.338 e. The first kappa shape index (κ1) is 11.6. The van der Waals surface area contributed by atoms with Gasteiger partial charge in [-0.1, -0.05) is 22.0 Å². The van der Waals surface area contributed by atoms with Crippen molar-refractivity contribution in [2.45, 2.75) is 0 Å². The molecular formula is C12H7BrFN3. The first-order valence-corrected chi connectivity index (χ1v) is 5.57. The van der Waals surface area contributed by atoms with Crippen LogP contribution < -0.4 is 5.32 Å². The van der Waals surface area contributed by atoms with Crippen molar-refractivity contribution in [2.75, 3.05) is 5.32 Å². The van der Waals surface area contributed by atoms with Gasteiger partial charge in [0.05, 0.1) is 5.69 Å². The number of nitrogens with zero attached hydrogens (tertiary/aromatic N) is 2. The molecule has 0 atom stereocenters. The molecule has 0 radical (unpaired) electrons. The van der Waals surface area contributed by atoms with E-state index in [1.165, 1.54) is 6.07 Å². The zero-order valence-corrected chi connectivity index (χ0v) is 10.2. The topological polar surface area (TPSA) is 48.7 Å². The molecule has 3 nitrogen and oxygen atoms in total. The van der Waals surface area contributed by atoms with Crippen LogP contribution in [0.2, 0.25) is 0 Å². The Morgan fingerprint density at radius 3 is 2.88 bits per heavy atom. The minimum atomic E-state index is -0.377. The Balaban J connectivity index is 2.31. The number of anilines is 2. The van der Waals surface area contributed by atoms with Crippen molar-refractivity contribution in [3.63, 3.8) is 0 Å². The van der Waals surface area contributed by atoms with Crippen molar-refractivity contribution in [1.29, 1.82) is 5.26 Å². The summed E-state index contributed by atoms with van der Waals surface area (Å²) in [6, 6.07) is 11.4. The fraction of sp³-hybridized carbons (Fsp3) is 0. The van der Waals surface area contributed by atoms with Crippen LogP contribution in [-0.4, -0.2) is 4.98 Å². The Morgan fingerprint density at radius 1 is 1.29 bits per heavy atom. The van der Waals surface area contributed by atoms with Crippen LogP contribution >= 0.6 is 15.9 Å². The SMILES string of the molecule is N#Cc1cccc(Nc2cc(Br)ccc2F)n1. The van der Waals surface area contributed by atoms with Gasteiger partial charge < -0.3 is 5.32 Å². The second-order valence-electron chi connectivity index (χ2n) is 3.27. The Labute approximate surface area is 106 Å². The maximum Gasteiger partial charge on any atom is 0.146 e. The summed E-state index contributed by atoms with van der Waals surface area (Å²) < 4.78 is 14.2. The maximum atomic E-state index is 13.5. The highest BCUT2D eigenvalue weighted by Crippen LogP contribution is 2.22. The van der Waals surface area contributed by atoms with Gasteiger partial charge in [0.1, 0.15) is 23.4 Å². The molecule has 0 aliphatic heterocycles. The van der Waals surface area contributed by atoms with E-state index in [2.05, 4.69) is 26.2 Å². The van der Waals surface area contributed by atoms with E-state index in [-0.39, 0.29) is 11.5 Å². The van der Waals surface area contributed by atoms with Crippen LogP contribution in [0.15, 0.2) is 40.9 Å². The first-order chi connectivity index (χ1) is 8.19. The monoisotopic (exact) mass is 291 g/mol. The number of pyridine rings is 1. The normalized spacial score (nSPS) is 9.71. The predicted octanol–water partition coefficient (Wildman–Crippen LogP) is 3.60. The van der Waals surface area contributed by atoms with E-state index in [4.69, 9.17) is 5.26 Å². The van der Waals surface area contributed by atoms with Gasteiger partial charge in [0.2, 0.25) is 0 Å². The summed E-state index contributed by atoms with van der Waals surface area (Å²) in [4.78, 5) is 4.00. The molecule has 0 aliphatic rings. The van der Waals surface area contributed by atoms with Gasteiger partial charge in [-0.25, -0.2) is 9.37 Å². The molecule has 17 heavy (non-hydrogen) atoms. The number of nitrogens with one attached hydrogen (secondary N) is 1. The van der Waals surface area contributed by atoms with Crippen LogP contribution in [-0.2, 0) is 0 Å². The summed E-state index contributed by atoms with van der Waals surface area (Å²) in [5.74, 6) is 0.0541. The molecule has 84 valence electrons. The lowest BCUT2D eigenvalue weighted by molar-refractivity contribution is 0.631. The standard InChI is InChI=1S/C12H7BrFN3/c13-8-4-5-10(14)11(6-8)17-12-3-1-2-9(7-15)16-12/h1-6H,(H,16,17). The molecule has 0 saturated heterocycles. The summed E-state index contributed by atoms with van der Waals surface area (Å²) in [7, 11) is 0. The number of aromatic nitrogens is 1. The van der Waals surface area contributed by atoms with E-state index in [1.54, 1.807) is 30.3 Å². The molecule has 0 fully saturated rings. The smallest absolute Gasteiger partial charge is 0.146 e. The lowest BCUT2D eigenvalue weighted by atomic mass is 10.3. The molecule has 2 aromatic rings. The molecular weight excluding hydrogens is 285 g/mol. The quantitative estimate of drug-likeness (QED) is 0.920. The number of halogens is 2. The second-order valence-corrected chi connectivity index (χ2v) is 4.18. The van der Waals surface area contributed by atoms with Gasteiger partial charge in [0.25, 0.3) is 0 Å².